The quantitative estimate of drug-likeness (QED) is 0.476. The van der Waals surface area contributed by atoms with Gasteiger partial charge in [0, 0.05) is 24.7 Å². The Balaban J connectivity index is 1.56. The Morgan fingerprint density at radius 1 is 1.07 bits per heavy atom. The maximum Gasteiger partial charge on any atom is 0.295 e. The second-order valence-electron chi connectivity index (χ2n) is 6.95. The van der Waals surface area contributed by atoms with Gasteiger partial charge in [0.25, 0.3) is 5.69 Å². The highest BCUT2D eigenvalue weighted by Gasteiger charge is 2.28. The van der Waals surface area contributed by atoms with Crippen molar-refractivity contribution in [3.05, 3.63) is 82.4 Å². The summed E-state index contributed by atoms with van der Waals surface area (Å²) in [6, 6.07) is 19.3. The minimum Gasteiger partial charge on any atom is -0.366 e. The standard InChI is InChI=1S/C21H20N4O4S/c26-25(27)19-10-11-20(23-21(19)17-7-2-1-3-8-17)22-15-16-6-4-9-18(14-16)24-12-5-13-30(24,28)29/h1-4,6-11,14H,5,12-13,15H2,(H,22,23). The summed E-state index contributed by atoms with van der Waals surface area (Å²) in [7, 11) is -3.24. The van der Waals surface area contributed by atoms with Crippen LogP contribution in [0.25, 0.3) is 11.3 Å². The van der Waals surface area contributed by atoms with Crippen LogP contribution < -0.4 is 9.62 Å². The summed E-state index contributed by atoms with van der Waals surface area (Å²) >= 11 is 0. The highest BCUT2D eigenvalue weighted by molar-refractivity contribution is 7.93. The first kappa shape index (κ1) is 19.8. The van der Waals surface area contributed by atoms with Gasteiger partial charge in [-0.25, -0.2) is 13.4 Å². The molecule has 0 amide bonds. The van der Waals surface area contributed by atoms with Crippen LogP contribution in [0.5, 0.6) is 0 Å². The number of sulfonamides is 1. The maximum atomic E-state index is 12.2. The van der Waals surface area contributed by atoms with Crippen molar-refractivity contribution in [1.82, 2.24) is 4.98 Å². The Morgan fingerprint density at radius 2 is 1.87 bits per heavy atom. The van der Waals surface area contributed by atoms with E-state index in [4.69, 9.17) is 0 Å². The summed E-state index contributed by atoms with van der Waals surface area (Å²) in [5.41, 5.74) is 2.43. The van der Waals surface area contributed by atoms with Gasteiger partial charge in [-0.2, -0.15) is 0 Å². The molecule has 1 aliphatic heterocycles. The molecule has 1 saturated heterocycles. The molecule has 2 heterocycles. The molecule has 154 valence electrons. The van der Waals surface area contributed by atoms with E-state index in [2.05, 4.69) is 10.3 Å². The fourth-order valence-corrected chi connectivity index (χ4v) is 5.01. The first-order valence-electron chi connectivity index (χ1n) is 9.48. The number of benzene rings is 2. The third-order valence-electron chi connectivity index (χ3n) is 4.89. The molecule has 30 heavy (non-hydrogen) atoms. The zero-order valence-corrected chi connectivity index (χ0v) is 16.9. The van der Waals surface area contributed by atoms with E-state index in [1.165, 1.54) is 10.4 Å². The smallest absolute Gasteiger partial charge is 0.295 e. The Labute approximate surface area is 174 Å². The number of pyridine rings is 1. The normalized spacial score (nSPS) is 15.1. The Hall–Kier alpha value is -3.46. The summed E-state index contributed by atoms with van der Waals surface area (Å²) in [6.45, 7) is 0.893. The van der Waals surface area contributed by atoms with E-state index >= 15 is 0 Å². The van der Waals surface area contributed by atoms with Crippen molar-refractivity contribution in [2.45, 2.75) is 13.0 Å². The third kappa shape index (κ3) is 4.11. The summed E-state index contributed by atoms with van der Waals surface area (Å²) in [6.07, 6.45) is 0.625. The molecular formula is C21H20N4O4S. The average molecular weight is 424 g/mol. The van der Waals surface area contributed by atoms with Gasteiger partial charge < -0.3 is 5.32 Å². The van der Waals surface area contributed by atoms with Crippen molar-refractivity contribution < 1.29 is 13.3 Å². The molecule has 0 aliphatic carbocycles. The van der Waals surface area contributed by atoms with Gasteiger partial charge in [-0.15, -0.1) is 0 Å². The monoisotopic (exact) mass is 424 g/mol. The van der Waals surface area contributed by atoms with Crippen LogP contribution in [0, 0.1) is 10.1 Å². The number of nitrogens with one attached hydrogen (secondary N) is 1. The highest BCUT2D eigenvalue weighted by Crippen LogP contribution is 2.29. The van der Waals surface area contributed by atoms with E-state index < -0.39 is 14.9 Å². The van der Waals surface area contributed by atoms with E-state index in [1.807, 2.05) is 24.3 Å². The molecule has 1 fully saturated rings. The lowest BCUT2D eigenvalue weighted by Crippen LogP contribution is -2.25. The van der Waals surface area contributed by atoms with Gasteiger partial charge in [0.15, 0.2) is 5.69 Å². The topological polar surface area (TPSA) is 105 Å². The molecule has 9 heteroatoms. The fraction of sp³-hybridized carbons (Fsp3) is 0.190. The number of hydrogen-bond acceptors (Lipinski definition) is 6. The lowest BCUT2D eigenvalue weighted by molar-refractivity contribution is -0.384. The minimum atomic E-state index is -3.24. The van der Waals surface area contributed by atoms with Gasteiger partial charge in [-0.3, -0.25) is 14.4 Å². The average Bonchev–Trinajstić information content (AvgIpc) is 3.12. The molecule has 2 aromatic carbocycles. The highest BCUT2D eigenvalue weighted by atomic mass is 32.2. The van der Waals surface area contributed by atoms with Gasteiger partial charge in [0.05, 0.1) is 16.4 Å². The van der Waals surface area contributed by atoms with E-state index in [1.54, 1.807) is 36.4 Å². The zero-order valence-electron chi connectivity index (χ0n) is 16.1. The predicted octanol–water partition coefficient (Wildman–Crippen LogP) is 3.81. The van der Waals surface area contributed by atoms with Crippen LogP contribution >= 0.6 is 0 Å². The van der Waals surface area contributed by atoms with Crippen LogP contribution in [0.15, 0.2) is 66.7 Å². The maximum absolute atomic E-state index is 12.2. The van der Waals surface area contributed by atoms with E-state index in [9.17, 15) is 18.5 Å². The molecule has 0 saturated carbocycles. The SMILES string of the molecule is O=[N+]([O-])c1ccc(NCc2cccc(N3CCCS3(=O)=O)c2)nc1-c1ccccc1. The summed E-state index contributed by atoms with van der Waals surface area (Å²) in [4.78, 5) is 15.4. The van der Waals surface area contributed by atoms with Crippen molar-refractivity contribution in [2.75, 3.05) is 21.9 Å². The lowest BCUT2D eigenvalue weighted by atomic mass is 10.1. The number of hydrogen-bond donors (Lipinski definition) is 1. The number of rotatable bonds is 6. The number of aromatic nitrogens is 1. The molecule has 0 radical (unpaired) electrons. The van der Waals surface area contributed by atoms with E-state index in [-0.39, 0.29) is 11.4 Å². The first-order chi connectivity index (χ1) is 14.4. The van der Waals surface area contributed by atoms with Crippen molar-refractivity contribution in [3.63, 3.8) is 0 Å². The Bertz CT molecular complexity index is 1180. The van der Waals surface area contributed by atoms with E-state index in [0.717, 1.165) is 5.56 Å². The summed E-state index contributed by atoms with van der Waals surface area (Å²) in [5.74, 6) is 0.670. The summed E-state index contributed by atoms with van der Waals surface area (Å²) in [5, 5.41) is 14.6. The lowest BCUT2D eigenvalue weighted by Gasteiger charge is -2.18. The van der Waals surface area contributed by atoms with Crippen LogP contribution in [-0.2, 0) is 16.6 Å². The van der Waals surface area contributed by atoms with Gasteiger partial charge in [-0.05, 0) is 30.2 Å². The van der Waals surface area contributed by atoms with Crippen molar-refractivity contribution >= 4 is 27.2 Å². The van der Waals surface area contributed by atoms with E-state index in [0.29, 0.717) is 42.3 Å². The van der Waals surface area contributed by atoms with Crippen molar-refractivity contribution in [3.8, 4) is 11.3 Å². The predicted molar refractivity (Wildman–Crippen MR) is 116 cm³/mol. The molecule has 3 aromatic rings. The van der Waals surface area contributed by atoms with Gasteiger partial charge in [0.2, 0.25) is 10.0 Å². The molecule has 4 rings (SSSR count). The van der Waals surface area contributed by atoms with Crippen molar-refractivity contribution in [2.24, 2.45) is 0 Å². The number of nitrogens with zero attached hydrogens (tertiary/aromatic N) is 3. The zero-order chi connectivity index (χ0) is 21.1. The number of anilines is 2. The third-order valence-corrected chi connectivity index (χ3v) is 6.76. The fourth-order valence-electron chi connectivity index (χ4n) is 3.45. The van der Waals surface area contributed by atoms with Crippen LogP contribution in [-0.4, -0.2) is 30.6 Å². The molecule has 8 nitrogen and oxygen atoms in total. The van der Waals surface area contributed by atoms with Crippen LogP contribution in [0.3, 0.4) is 0 Å². The molecule has 1 N–H and O–H groups in total. The second kappa shape index (κ2) is 8.11. The molecule has 0 unspecified atom stereocenters. The van der Waals surface area contributed by atoms with Gasteiger partial charge >= 0.3 is 0 Å². The van der Waals surface area contributed by atoms with Gasteiger partial charge in [0.1, 0.15) is 5.82 Å². The Kier molecular flexibility index (Phi) is 5.37. The molecule has 0 spiro atoms. The van der Waals surface area contributed by atoms with Gasteiger partial charge in [-0.1, -0.05) is 42.5 Å². The Morgan fingerprint density at radius 3 is 2.57 bits per heavy atom. The summed E-state index contributed by atoms with van der Waals surface area (Å²) < 4.78 is 25.8. The number of nitro groups is 1. The molecule has 1 aromatic heterocycles. The first-order valence-corrected chi connectivity index (χ1v) is 11.1. The van der Waals surface area contributed by atoms with Crippen LogP contribution in [0.2, 0.25) is 0 Å². The minimum absolute atomic E-state index is 0.0620. The molecule has 0 bridgehead atoms. The van der Waals surface area contributed by atoms with Crippen LogP contribution in [0.4, 0.5) is 17.2 Å². The largest absolute Gasteiger partial charge is 0.366 e. The van der Waals surface area contributed by atoms with Crippen molar-refractivity contribution in [1.29, 1.82) is 0 Å². The second-order valence-corrected chi connectivity index (χ2v) is 8.97. The molecule has 1 aliphatic rings. The molecule has 0 atom stereocenters. The van der Waals surface area contributed by atoms with Crippen LogP contribution in [0.1, 0.15) is 12.0 Å². The molecular weight excluding hydrogens is 404 g/mol.